The maximum atomic E-state index is 12.6. The molecule has 0 bridgehead atoms. The van der Waals surface area contributed by atoms with Crippen molar-refractivity contribution >= 4 is 44.4 Å². The van der Waals surface area contributed by atoms with Crippen LogP contribution in [0.15, 0.2) is 97.3 Å². The summed E-state index contributed by atoms with van der Waals surface area (Å²) < 4.78 is 11.2. The number of aromatic nitrogens is 2. The lowest BCUT2D eigenvalue weighted by Crippen LogP contribution is -2.49. The van der Waals surface area contributed by atoms with Gasteiger partial charge in [0, 0.05) is 78.7 Å². The van der Waals surface area contributed by atoms with Gasteiger partial charge in [0.15, 0.2) is 0 Å². The van der Waals surface area contributed by atoms with Gasteiger partial charge in [-0.2, -0.15) is 0 Å². The van der Waals surface area contributed by atoms with E-state index in [2.05, 4.69) is 101 Å². The number of aromatic hydroxyl groups is 1. The van der Waals surface area contributed by atoms with E-state index in [4.69, 9.17) is 9.16 Å². The minimum atomic E-state index is -1.90. The van der Waals surface area contributed by atoms with Crippen LogP contribution in [-0.4, -0.2) is 121 Å². The fourth-order valence-corrected chi connectivity index (χ4v) is 7.23. The molecule has 5 heterocycles. The summed E-state index contributed by atoms with van der Waals surface area (Å²) in [7, 11) is -1.90. The number of carbonyl (C=O) groups excluding carboxylic acids is 2. The highest BCUT2D eigenvalue weighted by molar-refractivity contribution is 6.74. The molecule has 3 aliphatic rings. The summed E-state index contributed by atoms with van der Waals surface area (Å²) in [5.74, 6) is 1.83. The molecule has 15 heteroatoms. The molecule has 2 aromatic carbocycles. The molecule has 4 aromatic rings. The normalized spacial score (nSPS) is 16.0. The Morgan fingerprint density at radius 1 is 0.678 bits per heavy atom. The van der Waals surface area contributed by atoms with Gasteiger partial charge in [0.2, 0.25) is 0 Å². The SMILES string of the molecule is C1CCOC1.CC(C)(C)[Si](C)(C)Oc1ccc(NC(=O)N2CCN(Cc3ccccc3)CC2)nc1.Cl.O=C(Nc1ccc(O)cn1)N1CCN(Cc2ccccc2)CC1. The topological polar surface area (TPSA) is 136 Å². The highest BCUT2D eigenvalue weighted by Gasteiger charge is 2.39. The van der Waals surface area contributed by atoms with E-state index in [1.54, 1.807) is 17.2 Å². The van der Waals surface area contributed by atoms with Crippen LogP contribution in [0, 0.1) is 0 Å². The average Bonchev–Trinajstić information content (AvgIpc) is 3.82. The summed E-state index contributed by atoms with van der Waals surface area (Å²) >= 11 is 0. The molecule has 3 aliphatic heterocycles. The fourth-order valence-electron chi connectivity index (χ4n) is 6.21. The van der Waals surface area contributed by atoms with Gasteiger partial charge >= 0.3 is 12.1 Å². The Morgan fingerprint density at radius 3 is 1.47 bits per heavy atom. The number of hydrogen-bond acceptors (Lipinski definition) is 9. The molecule has 3 saturated heterocycles. The van der Waals surface area contributed by atoms with Crippen LogP contribution in [0.4, 0.5) is 21.2 Å². The quantitative estimate of drug-likeness (QED) is 0.150. The summed E-state index contributed by atoms with van der Waals surface area (Å²) in [4.78, 5) is 41.5. The Kier molecular flexibility index (Phi) is 18.4. The van der Waals surface area contributed by atoms with Crippen LogP contribution in [0.2, 0.25) is 18.1 Å². The smallest absolute Gasteiger partial charge is 0.323 e. The molecular weight excluding hydrogens is 784 g/mol. The van der Waals surface area contributed by atoms with Gasteiger partial charge in [-0.25, -0.2) is 19.6 Å². The molecule has 0 atom stereocenters. The zero-order chi connectivity index (χ0) is 41.4. The van der Waals surface area contributed by atoms with Crippen molar-refractivity contribution in [3.8, 4) is 11.5 Å². The van der Waals surface area contributed by atoms with Crippen LogP contribution in [0.5, 0.6) is 11.5 Å². The maximum Gasteiger partial charge on any atom is 0.323 e. The van der Waals surface area contributed by atoms with E-state index in [1.165, 1.54) is 36.2 Å². The predicted molar refractivity (Wildman–Crippen MR) is 240 cm³/mol. The van der Waals surface area contributed by atoms with Gasteiger partial charge in [0.1, 0.15) is 23.1 Å². The highest BCUT2D eigenvalue weighted by Crippen LogP contribution is 2.37. The molecular formula is C44H63ClN8O5Si. The molecule has 0 spiro atoms. The van der Waals surface area contributed by atoms with Crippen molar-refractivity contribution in [2.75, 3.05) is 76.2 Å². The van der Waals surface area contributed by atoms with Crippen molar-refractivity contribution in [2.45, 2.75) is 64.8 Å². The monoisotopic (exact) mass is 846 g/mol. The van der Waals surface area contributed by atoms with E-state index in [-0.39, 0.29) is 35.3 Å². The number of piperazine rings is 2. The van der Waals surface area contributed by atoms with E-state index >= 15 is 0 Å². The van der Waals surface area contributed by atoms with E-state index < -0.39 is 8.32 Å². The van der Waals surface area contributed by atoms with Crippen molar-refractivity contribution in [3.05, 3.63) is 108 Å². The van der Waals surface area contributed by atoms with Gasteiger partial charge in [-0.1, -0.05) is 81.4 Å². The standard InChI is InChI=1S/C23H34N4O2Si.C17H20N4O2.C4H8O.ClH/c1-23(2,3)30(4,5)29-20-11-12-21(24-17-20)25-22(28)27-15-13-26(14-16-27)18-19-9-7-6-8-10-19;22-15-6-7-16(18-12-15)19-17(23)21-10-8-20(9-11-21)13-14-4-2-1-3-5-14;1-2-4-5-3-1;/h6-12,17H,13-16,18H2,1-5H3,(H,24,25,28);1-7,12,22H,8-11,13H2,(H,18,19,23);1-4H2;1H. The number of carbonyl (C=O) groups is 2. The first-order valence-corrected chi connectivity index (χ1v) is 23.3. The number of nitrogens with zero attached hydrogens (tertiary/aromatic N) is 6. The number of pyridine rings is 2. The van der Waals surface area contributed by atoms with Crippen molar-refractivity contribution in [1.82, 2.24) is 29.6 Å². The number of benzene rings is 2. The third kappa shape index (κ3) is 15.8. The van der Waals surface area contributed by atoms with Gasteiger partial charge < -0.3 is 24.1 Å². The Labute approximate surface area is 357 Å². The predicted octanol–water partition coefficient (Wildman–Crippen LogP) is 8.17. The lowest BCUT2D eigenvalue weighted by atomic mass is 10.2. The third-order valence-electron chi connectivity index (χ3n) is 10.8. The Balaban J connectivity index is 0.000000234. The number of rotatable bonds is 8. The van der Waals surface area contributed by atoms with Crippen molar-refractivity contribution in [1.29, 1.82) is 0 Å². The number of ether oxygens (including phenoxy) is 1. The van der Waals surface area contributed by atoms with E-state index in [9.17, 15) is 14.7 Å². The Morgan fingerprint density at radius 2 is 1.12 bits per heavy atom. The molecule has 4 amide bonds. The first-order valence-electron chi connectivity index (χ1n) is 20.4. The second-order valence-electron chi connectivity index (χ2n) is 16.3. The molecule has 59 heavy (non-hydrogen) atoms. The summed E-state index contributed by atoms with van der Waals surface area (Å²) in [6.45, 7) is 21.1. The van der Waals surface area contributed by atoms with E-state index in [0.717, 1.165) is 58.2 Å². The molecule has 0 radical (unpaired) electrons. The zero-order valence-corrected chi connectivity index (χ0v) is 37.1. The van der Waals surface area contributed by atoms with Gasteiger partial charge in [0.05, 0.1) is 12.4 Å². The molecule has 2 aromatic heterocycles. The number of hydrogen-bond donors (Lipinski definition) is 3. The molecule has 0 unspecified atom stereocenters. The fraction of sp³-hybridized carbons (Fsp3) is 0.455. The van der Waals surface area contributed by atoms with Crippen LogP contribution in [0.25, 0.3) is 0 Å². The largest absolute Gasteiger partial charge is 0.542 e. The first kappa shape index (κ1) is 47.0. The molecule has 13 nitrogen and oxygen atoms in total. The van der Waals surface area contributed by atoms with Gasteiger partial charge in [-0.3, -0.25) is 20.4 Å². The minimum Gasteiger partial charge on any atom is -0.542 e. The second kappa shape index (κ2) is 23.2. The summed E-state index contributed by atoms with van der Waals surface area (Å²) in [5.41, 5.74) is 2.60. The third-order valence-corrected chi connectivity index (χ3v) is 15.1. The Bertz CT molecular complexity index is 1810. The lowest BCUT2D eigenvalue weighted by Gasteiger charge is -2.36. The number of nitrogens with one attached hydrogen (secondary N) is 2. The summed E-state index contributed by atoms with van der Waals surface area (Å²) in [6.07, 6.45) is 5.57. The summed E-state index contributed by atoms with van der Waals surface area (Å²) in [5, 5.41) is 15.0. The van der Waals surface area contributed by atoms with Crippen LogP contribution >= 0.6 is 12.4 Å². The minimum absolute atomic E-state index is 0. The van der Waals surface area contributed by atoms with Crippen molar-refractivity contribution in [3.63, 3.8) is 0 Å². The van der Waals surface area contributed by atoms with Crippen molar-refractivity contribution < 1.29 is 23.9 Å². The number of anilines is 2. The second-order valence-corrected chi connectivity index (χ2v) is 21.0. The first-order chi connectivity index (χ1) is 27.8. The van der Waals surface area contributed by atoms with Crippen LogP contribution in [-0.2, 0) is 17.8 Å². The van der Waals surface area contributed by atoms with E-state index in [0.29, 0.717) is 37.8 Å². The number of urea groups is 2. The van der Waals surface area contributed by atoms with Crippen LogP contribution in [0.3, 0.4) is 0 Å². The zero-order valence-electron chi connectivity index (χ0n) is 35.3. The van der Waals surface area contributed by atoms with Crippen LogP contribution < -0.4 is 15.1 Å². The molecule has 0 aliphatic carbocycles. The lowest BCUT2D eigenvalue weighted by molar-refractivity contribution is 0.142. The average molecular weight is 848 g/mol. The molecule has 3 fully saturated rings. The van der Waals surface area contributed by atoms with E-state index in [1.807, 2.05) is 41.3 Å². The number of halogens is 1. The summed E-state index contributed by atoms with van der Waals surface area (Å²) in [6, 6.07) is 27.3. The van der Waals surface area contributed by atoms with Crippen molar-refractivity contribution in [2.24, 2.45) is 0 Å². The number of amides is 4. The molecule has 7 rings (SSSR count). The van der Waals surface area contributed by atoms with Crippen LogP contribution in [0.1, 0.15) is 44.7 Å². The molecule has 3 N–H and O–H groups in total. The highest BCUT2D eigenvalue weighted by atomic mass is 35.5. The Hall–Kier alpha value is -4.73. The van der Waals surface area contributed by atoms with Gasteiger partial charge in [-0.15, -0.1) is 12.4 Å². The molecule has 0 saturated carbocycles. The maximum absolute atomic E-state index is 12.6. The molecule has 320 valence electrons. The van der Waals surface area contributed by atoms with Gasteiger partial charge in [-0.05, 0) is 66.4 Å². The van der Waals surface area contributed by atoms with Gasteiger partial charge in [0.25, 0.3) is 8.32 Å².